The van der Waals surface area contributed by atoms with Gasteiger partial charge in [-0.05, 0) is 36.8 Å². The normalized spacial score (nSPS) is 11.2. The van der Waals surface area contributed by atoms with Gasteiger partial charge in [-0.2, -0.15) is 0 Å². The van der Waals surface area contributed by atoms with Gasteiger partial charge in [-0.1, -0.05) is 34.1 Å². The Bertz CT molecular complexity index is 729. The maximum absolute atomic E-state index is 12.4. The van der Waals surface area contributed by atoms with Gasteiger partial charge in [0.1, 0.15) is 5.75 Å². The molecule has 2 aromatic carbocycles. The first-order valence-corrected chi connectivity index (χ1v) is 8.13. The van der Waals surface area contributed by atoms with Crippen molar-refractivity contribution in [3.8, 4) is 5.75 Å². The highest BCUT2D eigenvalue weighted by Crippen LogP contribution is 2.30. The predicted molar refractivity (Wildman–Crippen MR) is 82.7 cm³/mol. The molecule has 6 heteroatoms. The molecule has 0 saturated heterocycles. The number of rotatable bonds is 4. The molecule has 0 aliphatic rings. The number of hydrogen-bond donors (Lipinski definition) is 1. The highest BCUT2D eigenvalue weighted by Gasteiger charge is 2.18. The molecule has 0 aromatic heterocycles. The van der Waals surface area contributed by atoms with Crippen LogP contribution in [-0.4, -0.2) is 15.5 Å². The molecular weight excluding hydrogens is 342 g/mol. The third-order valence-corrected chi connectivity index (χ3v) is 4.64. The summed E-state index contributed by atoms with van der Waals surface area (Å²) in [5, 5.41) is 0. The summed E-state index contributed by atoms with van der Waals surface area (Å²) < 4.78 is 33.3. The lowest BCUT2D eigenvalue weighted by Gasteiger charge is -2.14. The highest BCUT2D eigenvalue weighted by atomic mass is 79.9. The molecule has 0 amide bonds. The van der Waals surface area contributed by atoms with Gasteiger partial charge in [0.05, 0.1) is 17.7 Å². The number of benzene rings is 2. The molecule has 0 atom stereocenters. The van der Waals surface area contributed by atoms with E-state index in [9.17, 15) is 8.42 Å². The minimum absolute atomic E-state index is 0.192. The Labute approximate surface area is 127 Å². The topological polar surface area (TPSA) is 55.4 Å². The van der Waals surface area contributed by atoms with Crippen molar-refractivity contribution in [3.63, 3.8) is 0 Å². The van der Waals surface area contributed by atoms with Gasteiger partial charge >= 0.3 is 0 Å². The fourth-order valence-electron chi connectivity index (χ4n) is 1.77. The van der Waals surface area contributed by atoms with Gasteiger partial charge in [-0.3, -0.25) is 4.72 Å². The molecule has 0 spiro atoms. The number of sulfonamides is 1. The van der Waals surface area contributed by atoms with Crippen molar-refractivity contribution >= 4 is 31.6 Å². The number of halogens is 1. The Morgan fingerprint density at radius 2 is 1.85 bits per heavy atom. The van der Waals surface area contributed by atoms with Crippen molar-refractivity contribution < 1.29 is 13.2 Å². The lowest BCUT2D eigenvalue weighted by atomic mass is 10.2. The molecule has 20 heavy (non-hydrogen) atoms. The molecule has 1 N–H and O–H groups in total. The van der Waals surface area contributed by atoms with Crippen molar-refractivity contribution in [1.82, 2.24) is 0 Å². The third kappa shape index (κ3) is 3.13. The highest BCUT2D eigenvalue weighted by molar-refractivity contribution is 9.10. The van der Waals surface area contributed by atoms with E-state index in [-0.39, 0.29) is 4.90 Å². The first-order chi connectivity index (χ1) is 9.44. The van der Waals surface area contributed by atoms with Gasteiger partial charge in [-0.25, -0.2) is 8.42 Å². The van der Waals surface area contributed by atoms with E-state index in [4.69, 9.17) is 4.74 Å². The maximum atomic E-state index is 12.4. The Hall–Kier alpha value is -1.53. The third-order valence-electron chi connectivity index (χ3n) is 2.80. The van der Waals surface area contributed by atoms with E-state index < -0.39 is 10.0 Å². The number of aryl methyl sites for hydroxylation is 1. The summed E-state index contributed by atoms with van der Waals surface area (Å²) in [6.07, 6.45) is 0. The Kier molecular flexibility index (Phi) is 4.35. The fraction of sp³-hybridized carbons (Fsp3) is 0.143. The van der Waals surface area contributed by atoms with Gasteiger partial charge in [-0.15, -0.1) is 0 Å². The van der Waals surface area contributed by atoms with E-state index in [2.05, 4.69) is 20.7 Å². The SMILES string of the molecule is COc1cccc(C)c1NS(=O)(=O)c1cccc(Br)c1. The summed E-state index contributed by atoms with van der Waals surface area (Å²) in [7, 11) is -2.15. The summed E-state index contributed by atoms with van der Waals surface area (Å²) in [4.78, 5) is 0.192. The monoisotopic (exact) mass is 355 g/mol. The average molecular weight is 356 g/mol. The van der Waals surface area contributed by atoms with Crippen molar-refractivity contribution in [2.24, 2.45) is 0 Å². The van der Waals surface area contributed by atoms with E-state index in [1.165, 1.54) is 13.2 Å². The van der Waals surface area contributed by atoms with E-state index in [1.807, 2.05) is 19.1 Å². The molecule has 2 rings (SSSR count). The number of methoxy groups -OCH3 is 1. The number of nitrogens with one attached hydrogen (secondary N) is 1. The molecule has 2 aromatic rings. The van der Waals surface area contributed by atoms with Crippen LogP contribution in [0.15, 0.2) is 51.8 Å². The predicted octanol–water partition coefficient (Wildman–Crippen LogP) is 3.57. The summed E-state index contributed by atoms with van der Waals surface area (Å²) in [6.45, 7) is 1.82. The molecule has 0 unspecified atom stereocenters. The van der Waals surface area contributed by atoms with Crippen LogP contribution in [0.2, 0.25) is 0 Å². The second-order valence-electron chi connectivity index (χ2n) is 4.22. The lowest BCUT2D eigenvalue weighted by molar-refractivity contribution is 0.416. The standard InChI is InChI=1S/C14H14BrNO3S/c1-10-5-3-8-13(19-2)14(10)16-20(17,18)12-7-4-6-11(15)9-12/h3-9,16H,1-2H3. The molecule has 106 valence electrons. The smallest absolute Gasteiger partial charge is 0.262 e. The van der Waals surface area contributed by atoms with Crippen LogP contribution in [0.1, 0.15) is 5.56 Å². The van der Waals surface area contributed by atoms with Crippen molar-refractivity contribution in [2.45, 2.75) is 11.8 Å². The Morgan fingerprint density at radius 1 is 1.15 bits per heavy atom. The molecule has 0 aliphatic carbocycles. The minimum Gasteiger partial charge on any atom is -0.495 e. The van der Waals surface area contributed by atoms with Gasteiger partial charge in [0, 0.05) is 4.47 Å². The quantitative estimate of drug-likeness (QED) is 0.911. The number of ether oxygens (including phenoxy) is 1. The van der Waals surface area contributed by atoms with Crippen LogP contribution in [0.4, 0.5) is 5.69 Å². The van der Waals surface area contributed by atoms with Crippen LogP contribution in [0.25, 0.3) is 0 Å². The molecule has 4 nitrogen and oxygen atoms in total. The number of para-hydroxylation sites is 1. The van der Waals surface area contributed by atoms with Gasteiger partial charge in [0.15, 0.2) is 0 Å². The van der Waals surface area contributed by atoms with Crippen molar-refractivity contribution in [2.75, 3.05) is 11.8 Å². The van der Waals surface area contributed by atoms with Crippen molar-refractivity contribution in [1.29, 1.82) is 0 Å². The van der Waals surface area contributed by atoms with Crippen LogP contribution in [0, 0.1) is 6.92 Å². The molecular formula is C14H14BrNO3S. The van der Waals surface area contributed by atoms with E-state index in [0.29, 0.717) is 15.9 Å². The Balaban J connectivity index is 2.44. The maximum Gasteiger partial charge on any atom is 0.262 e. The zero-order valence-electron chi connectivity index (χ0n) is 11.1. The molecule has 0 saturated carbocycles. The zero-order chi connectivity index (χ0) is 14.8. The summed E-state index contributed by atoms with van der Waals surface area (Å²) >= 11 is 3.27. The first kappa shape index (κ1) is 14.9. The van der Waals surface area contributed by atoms with Crippen LogP contribution in [0.3, 0.4) is 0 Å². The summed E-state index contributed by atoms with van der Waals surface area (Å²) in [5.74, 6) is 0.489. The van der Waals surface area contributed by atoms with Crippen LogP contribution in [0.5, 0.6) is 5.75 Å². The summed E-state index contributed by atoms with van der Waals surface area (Å²) in [5.41, 5.74) is 1.25. The van der Waals surface area contributed by atoms with Gasteiger partial charge in [0.25, 0.3) is 10.0 Å². The van der Waals surface area contributed by atoms with E-state index >= 15 is 0 Å². The van der Waals surface area contributed by atoms with E-state index in [1.54, 1.807) is 24.3 Å². The second-order valence-corrected chi connectivity index (χ2v) is 6.81. The van der Waals surface area contributed by atoms with E-state index in [0.717, 1.165) is 5.56 Å². The first-order valence-electron chi connectivity index (χ1n) is 5.86. The second kappa shape index (κ2) is 5.85. The molecule has 0 fully saturated rings. The zero-order valence-corrected chi connectivity index (χ0v) is 13.5. The lowest BCUT2D eigenvalue weighted by Crippen LogP contribution is -2.14. The molecule has 0 heterocycles. The minimum atomic E-state index is -3.65. The van der Waals surface area contributed by atoms with Crippen molar-refractivity contribution in [3.05, 3.63) is 52.5 Å². The van der Waals surface area contributed by atoms with Gasteiger partial charge in [0.2, 0.25) is 0 Å². The van der Waals surface area contributed by atoms with Crippen LogP contribution < -0.4 is 9.46 Å². The largest absolute Gasteiger partial charge is 0.495 e. The average Bonchev–Trinajstić information content (AvgIpc) is 2.41. The molecule has 0 bridgehead atoms. The van der Waals surface area contributed by atoms with Gasteiger partial charge < -0.3 is 4.74 Å². The number of hydrogen-bond acceptors (Lipinski definition) is 3. The van der Waals surface area contributed by atoms with Crippen LogP contribution in [-0.2, 0) is 10.0 Å². The fourth-order valence-corrected chi connectivity index (χ4v) is 3.51. The molecule has 0 radical (unpaired) electrons. The number of anilines is 1. The van der Waals surface area contributed by atoms with Crippen LogP contribution >= 0.6 is 15.9 Å². The summed E-state index contributed by atoms with van der Waals surface area (Å²) in [6, 6.07) is 11.9. The Morgan fingerprint density at radius 3 is 2.50 bits per heavy atom. The molecule has 0 aliphatic heterocycles.